The lowest BCUT2D eigenvalue weighted by atomic mass is 10.1. The van der Waals surface area contributed by atoms with Crippen molar-refractivity contribution in [1.82, 2.24) is 9.97 Å². The van der Waals surface area contributed by atoms with Crippen molar-refractivity contribution in [3.05, 3.63) is 39.9 Å². The molecule has 1 aromatic heterocycles. The summed E-state index contributed by atoms with van der Waals surface area (Å²) in [5.74, 6) is -1.21. The summed E-state index contributed by atoms with van der Waals surface area (Å²) in [6, 6.07) is 3.19. The first-order valence-corrected chi connectivity index (χ1v) is 5.60. The second kappa shape index (κ2) is 4.95. The van der Waals surface area contributed by atoms with E-state index in [0.29, 0.717) is 0 Å². The summed E-state index contributed by atoms with van der Waals surface area (Å²) in [4.78, 5) is 28.2. The van der Waals surface area contributed by atoms with Gasteiger partial charge in [0.25, 0.3) is 5.56 Å². The van der Waals surface area contributed by atoms with Crippen molar-refractivity contribution in [2.45, 2.75) is 19.0 Å². The monoisotopic (exact) mass is 286 g/mol. The molecule has 0 aliphatic heterocycles. The van der Waals surface area contributed by atoms with Gasteiger partial charge in [-0.3, -0.25) is 9.59 Å². The Morgan fingerprint density at radius 1 is 1.35 bits per heavy atom. The van der Waals surface area contributed by atoms with E-state index < -0.39 is 28.8 Å². The van der Waals surface area contributed by atoms with Gasteiger partial charge in [0, 0.05) is 6.42 Å². The summed E-state index contributed by atoms with van der Waals surface area (Å²) < 4.78 is 38.5. The molecule has 5 nitrogen and oxygen atoms in total. The van der Waals surface area contributed by atoms with Crippen LogP contribution in [0.15, 0.2) is 23.0 Å². The molecule has 0 saturated carbocycles. The van der Waals surface area contributed by atoms with E-state index in [4.69, 9.17) is 5.11 Å². The molecule has 0 unspecified atom stereocenters. The highest BCUT2D eigenvalue weighted by Gasteiger charge is 2.33. The number of carboxylic acids is 1. The van der Waals surface area contributed by atoms with Gasteiger partial charge < -0.3 is 10.1 Å². The van der Waals surface area contributed by atoms with Gasteiger partial charge in [-0.15, -0.1) is 0 Å². The van der Waals surface area contributed by atoms with Crippen LogP contribution in [0.25, 0.3) is 10.9 Å². The number of para-hydroxylation sites is 1. The van der Waals surface area contributed by atoms with E-state index in [1.165, 1.54) is 6.07 Å². The summed E-state index contributed by atoms with van der Waals surface area (Å²) in [6.07, 6.45) is -5.11. The van der Waals surface area contributed by atoms with Gasteiger partial charge in [0.2, 0.25) is 0 Å². The average Bonchev–Trinajstić information content (AvgIpc) is 2.34. The molecule has 0 fully saturated rings. The molecule has 1 heterocycles. The number of aryl methyl sites for hydroxylation is 1. The van der Waals surface area contributed by atoms with Gasteiger partial charge in [0.05, 0.1) is 22.9 Å². The molecule has 0 atom stereocenters. The number of alkyl halides is 3. The maximum Gasteiger partial charge on any atom is 0.418 e. The molecule has 2 N–H and O–H groups in total. The van der Waals surface area contributed by atoms with Crippen molar-refractivity contribution >= 4 is 16.9 Å². The van der Waals surface area contributed by atoms with Crippen molar-refractivity contribution in [3.63, 3.8) is 0 Å². The maximum absolute atomic E-state index is 12.8. The van der Waals surface area contributed by atoms with Crippen LogP contribution in [0.2, 0.25) is 0 Å². The van der Waals surface area contributed by atoms with E-state index in [2.05, 4.69) is 9.97 Å². The van der Waals surface area contributed by atoms with Crippen molar-refractivity contribution in [1.29, 1.82) is 0 Å². The highest BCUT2D eigenvalue weighted by molar-refractivity contribution is 5.81. The summed E-state index contributed by atoms with van der Waals surface area (Å²) in [5.41, 5.74) is -2.21. The summed E-state index contributed by atoms with van der Waals surface area (Å²) >= 11 is 0. The molecular formula is C12H9F3N2O3. The largest absolute Gasteiger partial charge is 0.481 e. The Labute approximate surface area is 110 Å². The molecule has 20 heavy (non-hydrogen) atoms. The number of fused-ring (bicyclic) bond motifs is 1. The Hall–Kier alpha value is -2.38. The first kappa shape index (κ1) is 14.0. The van der Waals surface area contributed by atoms with Gasteiger partial charge in [-0.2, -0.15) is 13.2 Å². The highest BCUT2D eigenvalue weighted by atomic mass is 19.4. The molecular weight excluding hydrogens is 277 g/mol. The minimum absolute atomic E-state index is 0.0819. The molecule has 2 aromatic rings. The summed E-state index contributed by atoms with van der Waals surface area (Å²) in [5, 5.41) is 8.36. The Morgan fingerprint density at radius 2 is 2.05 bits per heavy atom. The molecule has 2 rings (SSSR count). The number of aromatic nitrogens is 2. The predicted molar refractivity (Wildman–Crippen MR) is 63.3 cm³/mol. The van der Waals surface area contributed by atoms with E-state index in [0.717, 1.165) is 12.1 Å². The van der Waals surface area contributed by atoms with Crippen molar-refractivity contribution < 1.29 is 23.1 Å². The quantitative estimate of drug-likeness (QED) is 0.903. The number of nitrogens with zero attached hydrogens (tertiary/aromatic N) is 1. The highest BCUT2D eigenvalue weighted by Crippen LogP contribution is 2.32. The molecule has 0 aliphatic carbocycles. The number of nitrogens with one attached hydrogen (secondary N) is 1. The Kier molecular flexibility index (Phi) is 3.47. The van der Waals surface area contributed by atoms with Crippen molar-refractivity contribution in [2.24, 2.45) is 0 Å². The second-order valence-electron chi connectivity index (χ2n) is 4.11. The van der Waals surface area contributed by atoms with Gasteiger partial charge in [0.1, 0.15) is 5.82 Å². The molecule has 0 radical (unpaired) electrons. The van der Waals surface area contributed by atoms with Crippen LogP contribution in [0.5, 0.6) is 0 Å². The number of hydrogen-bond donors (Lipinski definition) is 2. The lowest BCUT2D eigenvalue weighted by Gasteiger charge is -2.10. The van der Waals surface area contributed by atoms with Crippen LogP contribution in [0, 0.1) is 0 Å². The fourth-order valence-electron chi connectivity index (χ4n) is 1.78. The topological polar surface area (TPSA) is 83.0 Å². The van der Waals surface area contributed by atoms with E-state index in [1.807, 2.05) is 0 Å². The van der Waals surface area contributed by atoms with Crippen LogP contribution in [-0.4, -0.2) is 21.0 Å². The van der Waals surface area contributed by atoms with Crippen LogP contribution in [0.4, 0.5) is 13.2 Å². The van der Waals surface area contributed by atoms with Gasteiger partial charge in [0.15, 0.2) is 0 Å². The van der Waals surface area contributed by atoms with E-state index in [9.17, 15) is 22.8 Å². The van der Waals surface area contributed by atoms with Crippen LogP contribution >= 0.6 is 0 Å². The number of rotatable bonds is 3. The first-order chi connectivity index (χ1) is 9.29. The Bertz CT molecular complexity index is 722. The molecule has 0 spiro atoms. The number of aromatic amines is 1. The van der Waals surface area contributed by atoms with Crippen LogP contribution in [0.1, 0.15) is 17.8 Å². The SMILES string of the molecule is O=C(O)CCc1nc2c(C(F)(F)F)cccc2c(=O)[nH]1. The van der Waals surface area contributed by atoms with E-state index in [-0.39, 0.29) is 24.1 Å². The standard InChI is InChI=1S/C12H9F3N2O3/c13-12(14,15)7-3-1-2-6-10(7)16-8(17-11(6)20)4-5-9(18)19/h1-3H,4-5H2,(H,18,19)(H,16,17,20). The number of carbonyl (C=O) groups is 1. The smallest absolute Gasteiger partial charge is 0.418 e. The van der Waals surface area contributed by atoms with Crippen LogP contribution < -0.4 is 5.56 Å². The predicted octanol–water partition coefficient (Wildman–Crippen LogP) is 1.96. The molecule has 106 valence electrons. The Morgan fingerprint density at radius 3 is 2.65 bits per heavy atom. The number of H-pyrrole nitrogens is 1. The second-order valence-corrected chi connectivity index (χ2v) is 4.11. The Balaban J connectivity index is 2.61. The number of halogens is 3. The van der Waals surface area contributed by atoms with Gasteiger partial charge in [-0.25, -0.2) is 4.98 Å². The third-order valence-corrected chi connectivity index (χ3v) is 2.67. The van der Waals surface area contributed by atoms with Crippen LogP contribution in [-0.2, 0) is 17.4 Å². The van der Waals surface area contributed by atoms with Crippen molar-refractivity contribution in [2.75, 3.05) is 0 Å². The third kappa shape index (κ3) is 2.79. The van der Waals surface area contributed by atoms with Gasteiger partial charge in [-0.1, -0.05) is 6.07 Å². The number of aliphatic carboxylic acids is 1. The minimum atomic E-state index is -4.63. The molecule has 8 heteroatoms. The number of hydrogen-bond acceptors (Lipinski definition) is 3. The molecule has 1 aromatic carbocycles. The zero-order valence-corrected chi connectivity index (χ0v) is 9.99. The normalized spacial score (nSPS) is 11.8. The van der Waals surface area contributed by atoms with Gasteiger partial charge >= 0.3 is 12.1 Å². The zero-order valence-electron chi connectivity index (χ0n) is 9.99. The lowest BCUT2D eigenvalue weighted by molar-refractivity contribution is -0.137. The molecule has 0 amide bonds. The maximum atomic E-state index is 12.8. The summed E-state index contributed by atoms with van der Waals surface area (Å²) in [6.45, 7) is 0. The van der Waals surface area contributed by atoms with Crippen molar-refractivity contribution in [3.8, 4) is 0 Å². The number of benzene rings is 1. The number of carboxylic acid groups (broad SMARTS) is 1. The molecule has 0 aliphatic rings. The summed E-state index contributed by atoms with van der Waals surface area (Å²) in [7, 11) is 0. The average molecular weight is 286 g/mol. The molecule has 0 bridgehead atoms. The lowest BCUT2D eigenvalue weighted by Crippen LogP contribution is -2.16. The first-order valence-electron chi connectivity index (χ1n) is 5.60. The van der Waals surface area contributed by atoms with Crippen LogP contribution in [0.3, 0.4) is 0 Å². The van der Waals surface area contributed by atoms with E-state index in [1.54, 1.807) is 0 Å². The third-order valence-electron chi connectivity index (χ3n) is 2.67. The van der Waals surface area contributed by atoms with E-state index >= 15 is 0 Å². The fraction of sp³-hybridized carbons (Fsp3) is 0.250. The fourth-order valence-corrected chi connectivity index (χ4v) is 1.78. The minimum Gasteiger partial charge on any atom is -0.481 e. The van der Waals surface area contributed by atoms with Gasteiger partial charge in [-0.05, 0) is 12.1 Å². The molecule has 0 saturated heterocycles. The zero-order chi connectivity index (χ0) is 14.9.